The average molecular weight is 346 g/mol. The van der Waals surface area contributed by atoms with Gasteiger partial charge in [0.1, 0.15) is 16.5 Å². The average Bonchev–Trinajstić information content (AvgIpc) is 3.23. The molecule has 6 heteroatoms. The summed E-state index contributed by atoms with van der Waals surface area (Å²) in [6, 6.07) is 7.77. The van der Waals surface area contributed by atoms with Crippen LogP contribution >= 0.6 is 11.3 Å². The Bertz CT molecular complexity index is 697. The summed E-state index contributed by atoms with van der Waals surface area (Å²) in [6.45, 7) is 2.51. The minimum absolute atomic E-state index is 0.0332. The molecule has 5 nitrogen and oxygen atoms in total. The van der Waals surface area contributed by atoms with Crippen LogP contribution in [0.5, 0.6) is 5.75 Å². The smallest absolute Gasteiger partial charge is 0.273 e. The van der Waals surface area contributed by atoms with Crippen LogP contribution < -0.4 is 4.74 Å². The molecule has 2 aromatic rings. The molecule has 0 bridgehead atoms. The normalized spacial score (nSPS) is 18.6. The zero-order valence-corrected chi connectivity index (χ0v) is 14.8. The van der Waals surface area contributed by atoms with Gasteiger partial charge < -0.3 is 14.7 Å². The van der Waals surface area contributed by atoms with Crippen LogP contribution in [0.15, 0.2) is 29.6 Å². The summed E-state index contributed by atoms with van der Waals surface area (Å²) >= 11 is 1.47. The number of hydrogen-bond donors (Lipinski definition) is 1. The summed E-state index contributed by atoms with van der Waals surface area (Å²) in [4.78, 5) is 19.1. The molecule has 0 radical (unpaired) electrons. The molecule has 1 fully saturated rings. The lowest BCUT2D eigenvalue weighted by Crippen LogP contribution is -2.37. The van der Waals surface area contributed by atoms with E-state index >= 15 is 0 Å². The first kappa shape index (κ1) is 16.9. The Morgan fingerprint density at radius 1 is 1.46 bits per heavy atom. The Labute approximate surface area is 145 Å². The number of aromatic nitrogens is 1. The minimum atomic E-state index is -0.395. The lowest BCUT2D eigenvalue weighted by atomic mass is 10.1. The molecular formula is C18H22N2O3S. The van der Waals surface area contributed by atoms with Gasteiger partial charge >= 0.3 is 0 Å². The number of likely N-dealkylation sites (tertiary alicyclic amines) is 1. The Morgan fingerprint density at radius 2 is 2.21 bits per heavy atom. The Hall–Kier alpha value is -1.92. The van der Waals surface area contributed by atoms with E-state index in [0.29, 0.717) is 12.1 Å². The lowest BCUT2D eigenvalue weighted by Gasteiger charge is -2.24. The van der Waals surface area contributed by atoms with E-state index in [1.807, 2.05) is 34.5 Å². The largest absolute Gasteiger partial charge is 0.497 e. The van der Waals surface area contributed by atoms with Crippen LogP contribution in [0.1, 0.15) is 36.7 Å². The maximum atomic E-state index is 12.8. The number of aliphatic hydroxyl groups is 1. The van der Waals surface area contributed by atoms with Crippen molar-refractivity contribution in [2.45, 2.75) is 38.3 Å². The van der Waals surface area contributed by atoms with Gasteiger partial charge in [0.15, 0.2) is 0 Å². The molecule has 2 atom stereocenters. The summed E-state index contributed by atoms with van der Waals surface area (Å²) in [6.07, 6.45) is 2.17. The van der Waals surface area contributed by atoms with Gasteiger partial charge in [-0.15, -0.1) is 11.3 Å². The predicted octanol–water partition coefficient (Wildman–Crippen LogP) is 3.19. The summed E-state index contributed by atoms with van der Waals surface area (Å²) < 4.78 is 5.16. The van der Waals surface area contributed by atoms with E-state index in [1.54, 1.807) is 14.0 Å². The lowest BCUT2D eigenvalue weighted by molar-refractivity contribution is 0.0677. The maximum absolute atomic E-state index is 12.8. The number of thiazole rings is 1. The SMILES string of the molecule is COc1ccc(-c2nc(C(=O)N3CCCC3CC(C)O)cs2)cc1. The second-order valence-corrected chi connectivity index (χ2v) is 7.00. The van der Waals surface area contributed by atoms with Crippen molar-refractivity contribution >= 4 is 17.2 Å². The van der Waals surface area contributed by atoms with Gasteiger partial charge in [-0.3, -0.25) is 4.79 Å². The van der Waals surface area contributed by atoms with E-state index in [-0.39, 0.29) is 11.9 Å². The first-order chi connectivity index (χ1) is 11.6. The molecule has 1 amide bonds. The first-order valence-electron chi connectivity index (χ1n) is 8.17. The zero-order chi connectivity index (χ0) is 17.1. The van der Waals surface area contributed by atoms with Gasteiger partial charge in [0.25, 0.3) is 5.91 Å². The number of rotatable bonds is 5. The van der Waals surface area contributed by atoms with Gasteiger partial charge in [-0.1, -0.05) is 0 Å². The van der Waals surface area contributed by atoms with Crippen LogP contribution in [0.25, 0.3) is 10.6 Å². The van der Waals surface area contributed by atoms with Crippen molar-refractivity contribution in [3.05, 3.63) is 35.3 Å². The summed E-state index contributed by atoms with van der Waals surface area (Å²) in [5.74, 6) is 0.763. The molecule has 2 unspecified atom stereocenters. The fourth-order valence-electron chi connectivity index (χ4n) is 3.13. The van der Waals surface area contributed by atoms with Crippen LogP contribution in [-0.2, 0) is 0 Å². The van der Waals surface area contributed by atoms with Gasteiger partial charge in [-0.25, -0.2) is 4.98 Å². The van der Waals surface area contributed by atoms with E-state index < -0.39 is 6.10 Å². The number of benzene rings is 1. The minimum Gasteiger partial charge on any atom is -0.497 e. The van der Waals surface area contributed by atoms with Gasteiger partial charge in [0.2, 0.25) is 0 Å². The summed E-state index contributed by atoms with van der Waals surface area (Å²) in [5.41, 5.74) is 1.46. The van der Waals surface area contributed by atoms with Crippen LogP contribution in [-0.4, -0.2) is 46.7 Å². The van der Waals surface area contributed by atoms with E-state index in [9.17, 15) is 9.90 Å². The number of hydrogen-bond acceptors (Lipinski definition) is 5. The molecule has 1 saturated heterocycles. The van der Waals surface area contributed by atoms with Gasteiger partial charge in [0.05, 0.1) is 13.2 Å². The van der Waals surface area contributed by atoms with E-state index in [4.69, 9.17) is 4.74 Å². The number of carbonyl (C=O) groups excluding carboxylic acids is 1. The third-order valence-electron chi connectivity index (χ3n) is 4.31. The van der Waals surface area contributed by atoms with Crippen molar-refractivity contribution < 1.29 is 14.6 Å². The topological polar surface area (TPSA) is 62.7 Å². The summed E-state index contributed by atoms with van der Waals surface area (Å²) in [7, 11) is 1.63. The molecule has 3 rings (SSSR count). The molecule has 0 aliphatic carbocycles. The monoisotopic (exact) mass is 346 g/mol. The number of aliphatic hydroxyl groups excluding tert-OH is 1. The molecule has 1 aliphatic heterocycles. The molecule has 0 spiro atoms. The van der Waals surface area contributed by atoms with Crippen LogP contribution in [0, 0.1) is 0 Å². The van der Waals surface area contributed by atoms with Crippen molar-refractivity contribution in [3.63, 3.8) is 0 Å². The predicted molar refractivity (Wildman–Crippen MR) is 94.5 cm³/mol. The highest BCUT2D eigenvalue weighted by Crippen LogP contribution is 2.28. The highest BCUT2D eigenvalue weighted by molar-refractivity contribution is 7.13. The Kier molecular flexibility index (Phi) is 5.16. The number of ether oxygens (including phenoxy) is 1. The highest BCUT2D eigenvalue weighted by Gasteiger charge is 2.31. The number of methoxy groups -OCH3 is 1. The molecule has 1 aliphatic rings. The van der Waals surface area contributed by atoms with Gasteiger partial charge in [-0.05, 0) is 50.5 Å². The molecule has 128 valence electrons. The maximum Gasteiger partial charge on any atom is 0.273 e. The molecule has 1 aromatic heterocycles. The second kappa shape index (κ2) is 7.32. The fraction of sp³-hybridized carbons (Fsp3) is 0.444. The molecule has 0 saturated carbocycles. The standard InChI is InChI=1S/C18H22N2O3S/c1-12(21)10-14-4-3-9-20(14)18(22)16-11-24-17(19-16)13-5-7-15(23-2)8-6-13/h5-8,11-12,14,21H,3-4,9-10H2,1-2H3. The van der Waals surface area contributed by atoms with E-state index in [1.165, 1.54) is 11.3 Å². The van der Waals surface area contributed by atoms with Crippen molar-refractivity contribution in [1.82, 2.24) is 9.88 Å². The van der Waals surface area contributed by atoms with Crippen molar-refractivity contribution in [1.29, 1.82) is 0 Å². The third kappa shape index (κ3) is 3.60. The van der Waals surface area contributed by atoms with E-state index in [0.717, 1.165) is 35.7 Å². The van der Waals surface area contributed by atoms with Crippen LogP contribution in [0.2, 0.25) is 0 Å². The van der Waals surface area contributed by atoms with Crippen LogP contribution in [0.4, 0.5) is 0 Å². The summed E-state index contributed by atoms with van der Waals surface area (Å²) in [5, 5.41) is 12.3. The quantitative estimate of drug-likeness (QED) is 0.903. The third-order valence-corrected chi connectivity index (χ3v) is 5.20. The van der Waals surface area contributed by atoms with Gasteiger partial charge in [0, 0.05) is 23.5 Å². The molecule has 1 N–H and O–H groups in total. The second-order valence-electron chi connectivity index (χ2n) is 6.15. The molecular weight excluding hydrogens is 324 g/mol. The Balaban J connectivity index is 1.75. The van der Waals surface area contributed by atoms with E-state index in [2.05, 4.69) is 4.98 Å². The molecule has 2 heterocycles. The number of carbonyl (C=O) groups is 1. The van der Waals surface area contributed by atoms with Crippen molar-refractivity contribution in [3.8, 4) is 16.3 Å². The Morgan fingerprint density at radius 3 is 2.88 bits per heavy atom. The number of nitrogens with zero attached hydrogens (tertiary/aromatic N) is 2. The first-order valence-corrected chi connectivity index (χ1v) is 9.05. The van der Waals surface area contributed by atoms with Crippen LogP contribution in [0.3, 0.4) is 0 Å². The highest BCUT2D eigenvalue weighted by atomic mass is 32.1. The van der Waals surface area contributed by atoms with Gasteiger partial charge in [-0.2, -0.15) is 0 Å². The fourth-order valence-corrected chi connectivity index (χ4v) is 3.93. The number of amides is 1. The van der Waals surface area contributed by atoms with Crippen molar-refractivity contribution in [2.24, 2.45) is 0 Å². The van der Waals surface area contributed by atoms with Crippen molar-refractivity contribution in [2.75, 3.05) is 13.7 Å². The molecule has 1 aromatic carbocycles. The zero-order valence-electron chi connectivity index (χ0n) is 13.9. The molecule has 24 heavy (non-hydrogen) atoms.